The maximum Gasteiger partial charge on any atom is 0.252 e. The van der Waals surface area contributed by atoms with Crippen molar-refractivity contribution in [3.05, 3.63) is 63.4 Å². The molecule has 1 fully saturated rings. The van der Waals surface area contributed by atoms with Crippen molar-refractivity contribution in [3.63, 3.8) is 0 Å². The van der Waals surface area contributed by atoms with E-state index in [0.29, 0.717) is 30.8 Å². The summed E-state index contributed by atoms with van der Waals surface area (Å²) in [5.74, 6) is 0.517. The fourth-order valence-electron chi connectivity index (χ4n) is 5.30. The molecule has 2 aliphatic rings. The molecular weight excluding hydrogens is 478 g/mol. The van der Waals surface area contributed by atoms with Crippen molar-refractivity contribution in [2.45, 2.75) is 63.1 Å². The van der Waals surface area contributed by atoms with Crippen molar-refractivity contribution in [3.8, 4) is 5.75 Å². The van der Waals surface area contributed by atoms with Gasteiger partial charge in [0.15, 0.2) is 0 Å². The summed E-state index contributed by atoms with van der Waals surface area (Å²) in [6.45, 7) is 5.02. The van der Waals surface area contributed by atoms with Gasteiger partial charge < -0.3 is 19.7 Å². The molecule has 1 aliphatic carbocycles. The first-order valence-corrected chi connectivity index (χ1v) is 13.9. The van der Waals surface area contributed by atoms with E-state index in [-0.39, 0.29) is 17.0 Å². The van der Waals surface area contributed by atoms with Crippen molar-refractivity contribution < 1.29 is 18.3 Å². The summed E-state index contributed by atoms with van der Waals surface area (Å²) in [7, 11) is -2.11. The number of pyridine rings is 1. The Morgan fingerprint density at radius 2 is 1.92 bits per heavy atom. The van der Waals surface area contributed by atoms with Crippen LogP contribution in [0.4, 0.5) is 5.69 Å². The Labute approximate surface area is 211 Å². The van der Waals surface area contributed by atoms with E-state index in [1.165, 1.54) is 4.31 Å². The molecule has 36 heavy (non-hydrogen) atoms. The quantitative estimate of drug-likeness (QED) is 0.544. The Morgan fingerprint density at radius 3 is 2.69 bits per heavy atom. The largest absolute Gasteiger partial charge is 0.490 e. The van der Waals surface area contributed by atoms with Gasteiger partial charge in [0, 0.05) is 25.2 Å². The number of aliphatic hydroxyl groups is 1. The summed E-state index contributed by atoms with van der Waals surface area (Å²) in [4.78, 5) is 18.2. The normalized spacial score (nSPS) is 20.4. The van der Waals surface area contributed by atoms with Crippen molar-refractivity contribution in [1.29, 1.82) is 0 Å². The van der Waals surface area contributed by atoms with E-state index in [1.807, 2.05) is 37.9 Å². The number of hydrogen-bond donors (Lipinski definition) is 2. The van der Waals surface area contributed by atoms with Gasteiger partial charge in [-0.3, -0.25) is 4.79 Å². The predicted molar refractivity (Wildman–Crippen MR) is 140 cm³/mol. The standard InChI is InChI=1S/C27H33N3O5S/c1-17-8-9-19-14-20(27(32)28-26(19)18(17)2)16-30(22-6-4-5-7-24(22)31)36(33,34)21-10-11-23-25(15-21)35-13-12-29(23)3/h8-11,14-15,22,24,31H,4-7,12-13,16H2,1-3H3,(H,28,32)/t22-,24-/m1/s1. The second kappa shape index (κ2) is 9.53. The summed E-state index contributed by atoms with van der Waals surface area (Å²) >= 11 is 0. The van der Waals surface area contributed by atoms with Crippen molar-refractivity contribution in [2.24, 2.45) is 0 Å². The molecule has 0 radical (unpaired) electrons. The van der Waals surface area contributed by atoms with Gasteiger partial charge in [-0.05, 0) is 61.4 Å². The molecule has 1 aromatic heterocycles. The zero-order chi connectivity index (χ0) is 25.6. The molecular formula is C27H33N3O5S. The average molecular weight is 512 g/mol. The Bertz CT molecular complexity index is 1470. The number of aliphatic hydroxyl groups excluding tert-OH is 1. The van der Waals surface area contributed by atoms with Gasteiger partial charge in [-0.1, -0.05) is 25.0 Å². The van der Waals surface area contributed by atoms with Gasteiger partial charge in [0.1, 0.15) is 12.4 Å². The highest BCUT2D eigenvalue weighted by molar-refractivity contribution is 7.89. The van der Waals surface area contributed by atoms with Crippen LogP contribution >= 0.6 is 0 Å². The molecule has 0 saturated heterocycles. The lowest BCUT2D eigenvalue weighted by molar-refractivity contribution is 0.0532. The third-order valence-corrected chi connectivity index (χ3v) is 9.52. The Hall–Kier alpha value is -2.88. The number of H-pyrrole nitrogens is 1. The molecule has 1 saturated carbocycles. The highest BCUT2D eigenvalue weighted by atomic mass is 32.2. The minimum absolute atomic E-state index is 0.0954. The smallest absolute Gasteiger partial charge is 0.252 e. The highest BCUT2D eigenvalue weighted by Gasteiger charge is 2.38. The first kappa shape index (κ1) is 24.8. The fraction of sp³-hybridized carbons (Fsp3) is 0.444. The first-order valence-electron chi connectivity index (χ1n) is 12.5. The van der Waals surface area contributed by atoms with E-state index in [4.69, 9.17) is 4.74 Å². The number of benzene rings is 2. The first-order chi connectivity index (χ1) is 17.2. The summed E-state index contributed by atoms with van der Waals surface area (Å²) in [6.07, 6.45) is 1.94. The number of aryl methyl sites for hydroxylation is 2. The molecule has 0 spiro atoms. The molecule has 2 N–H and O–H groups in total. The number of aromatic amines is 1. The lowest BCUT2D eigenvalue weighted by Crippen LogP contribution is -2.48. The molecule has 1 aliphatic heterocycles. The Balaban J connectivity index is 1.59. The van der Waals surface area contributed by atoms with Crippen LogP contribution in [0.1, 0.15) is 42.4 Å². The van der Waals surface area contributed by atoms with Crippen LogP contribution in [0.5, 0.6) is 5.75 Å². The van der Waals surface area contributed by atoms with E-state index in [0.717, 1.165) is 47.1 Å². The van der Waals surface area contributed by atoms with Crippen molar-refractivity contribution in [2.75, 3.05) is 25.1 Å². The SMILES string of the molecule is Cc1ccc2cc(CN([C@@H]3CCCC[C@H]3O)S(=O)(=O)c3ccc4c(c3)OCCN4C)c(=O)[nH]c2c1C. The monoisotopic (exact) mass is 511 g/mol. The number of likely N-dealkylation sites (N-methyl/N-ethyl adjacent to an activating group) is 1. The zero-order valence-corrected chi connectivity index (χ0v) is 21.8. The Kier molecular flexibility index (Phi) is 6.57. The van der Waals surface area contributed by atoms with E-state index in [2.05, 4.69) is 4.98 Å². The molecule has 8 nitrogen and oxygen atoms in total. The third kappa shape index (κ3) is 4.40. The molecule has 192 valence electrons. The number of ether oxygens (including phenoxy) is 1. The van der Waals surface area contributed by atoms with Gasteiger partial charge in [-0.25, -0.2) is 8.42 Å². The number of fused-ring (bicyclic) bond motifs is 2. The van der Waals surface area contributed by atoms with Crippen LogP contribution in [-0.2, 0) is 16.6 Å². The van der Waals surface area contributed by atoms with Crippen LogP contribution in [0, 0.1) is 13.8 Å². The second-order valence-corrected chi connectivity index (χ2v) is 11.9. The number of aromatic nitrogens is 1. The van der Waals surface area contributed by atoms with Crippen molar-refractivity contribution >= 4 is 26.6 Å². The minimum atomic E-state index is -4.05. The number of sulfonamides is 1. The molecule has 2 atom stereocenters. The summed E-state index contributed by atoms with van der Waals surface area (Å²) in [5, 5.41) is 11.7. The van der Waals surface area contributed by atoms with Gasteiger partial charge in [0.25, 0.3) is 5.56 Å². The van der Waals surface area contributed by atoms with E-state index in [9.17, 15) is 18.3 Å². The average Bonchev–Trinajstić information content (AvgIpc) is 2.86. The molecule has 2 aromatic carbocycles. The van der Waals surface area contributed by atoms with Gasteiger partial charge in [0.05, 0.1) is 34.8 Å². The van der Waals surface area contributed by atoms with Gasteiger partial charge in [0.2, 0.25) is 10.0 Å². The van der Waals surface area contributed by atoms with E-state index < -0.39 is 22.2 Å². The van der Waals surface area contributed by atoms with Gasteiger partial charge >= 0.3 is 0 Å². The molecule has 3 aromatic rings. The van der Waals surface area contributed by atoms with Crippen LogP contribution in [-0.4, -0.2) is 55.2 Å². The fourth-order valence-corrected chi connectivity index (χ4v) is 6.98. The highest BCUT2D eigenvalue weighted by Crippen LogP contribution is 2.36. The maximum atomic E-state index is 14.1. The molecule has 0 amide bonds. The minimum Gasteiger partial charge on any atom is -0.490 e. The third-order valence-electron chi connectivity index (χ3n) is 7.65. The molecule has 0 bridgehead atoms. The zero-order valence-electron chi connectivity index (χ0n) is 21.0. The molecule has 2 heterocycles. The van der Waals surface area contributed by atoms with Crippen LogP contribution in [0.15, 0.2) is 46.1 Å². The summed E-state index contributed by atoms with van der Waals surface area (Å²) in [6, 6.07) is 9.97. The van der Waals surface area contributed by atoms with Gasteiger partial charge in [-0.15, -0.1) is 0 Å². The van der Waals surface area contributed by atoms with Crippen LogP contribution in [0.3, 0.4) is 0 Å². The molecule has 0 unspecified atom stereocenters. The summed E-state index contributed by atoms with van der Waals surface area (Å²) in [5.41, 5.74) is 3.68. The number of anilines is 1. The van der Waals surface area contributed by atoms with E-state index >= 15 is 0 Å². The molecule has 5 rings (SSSR count). The number of rotatable bonds is 5. The Morgan fingerprint density at radius 1 is 1.14 bits per heavy atom. The van der Waals surface area contributed by atoms with Gasteiger partial charge in [-0.2, -0.15) is 4.31 Å². The number of nitrogens with one attached hydrogen (secondary N) is 1. The lowest BCUT2D eigenvalue weighted by Gasteiger charge is -2.37. The number of hydrogen-bond acceptors (Lipinski definition) is 6. The predicted octanol–water partition coefficient (Wildman–Crippen LogP) is 3.47. The van der Waals surface area contributed by atoms with Crippen LogP contribution in [0.2, 0.25) is 0 Å². The van der Waals surface area contributed by atoms with Crippen LogP contribution < -0.4 is 15.2 Å². The maximum absolute atomic E-state index is 14.1. The second-order valence-electron chi connectivity index (χ2n) is 9.96. The summed E-state index contributed by atoms with van der Waals surface area (Å²) < 4.78 is 35.2. The van der Waals surface area contributed by atoms with E-state index in [1.54, 1.807) is 24.3 Å². The van der Waals surface area contributed by atoms with Crippen LogP contribution in [0.25, 0.3) is 10.9 Å². The lowest BCUT2D eigenvalue weighted by atomic mass is 9.92. The number of nitrogens with zero attached hydrogens (tertiary/aromatic N) is 2. The molecule has 9 heteroatoms. The topological polar surface area (TPSA) is 103 Å². The van der Waals surface area contributed by atoms with Crippen molar-refractivity contribution in [1.82, 2.24) is 9.29 Å².